The Kier molecular flexibility index (Phi) is 2.99. The van der Waals surface area contributed by atoms with Crippen LogP contribution in [0.2, 0.25) is 0 Å². The highest BCUT2D eigenvalue weighted by atomic mass is 16.7. The van der Waals surface area contributed by atoms with Crippen molar-refractivity contribution in [1.29, 1.82) is 5.26 Å². The zero-order valence-electron chi connectivity index (χ0n) is 10.4. The summed E-state index contributed by atoms with van der Waals surface area (Å²) in [6, 6.07) is 12.0. The minimum Gasteiger partial charge on any atom is -0.399 e. The van der Waals surface area contributed by atoms with Gasteiger partial charge in [-0.3, -0.25) is 0 Å². The van der Waals surface area contributed by atoms with Crippen LogP contribution < -0.4 is 5.46 Å². The van der Waals surface area contributed by atoms with Gasteiger partial charge in [-0.1, -0.05) is 30.3 Å². The lowest BCUT2D eigenvalue weighted by Gasteiger charge is -2.34. The second-order valence-electron chi connectivity index (χ2n) is 5.05. The lowest BCUT2D eigenvalue weighted by Crippen LogP contribution is -2.44. The standard InChI is InChI=1S/C13H16BNO2/c1-12(2)13(3,9-10-15)17-14(16-12)11-7-5-4-6-8-11/h4-8H,9H2,1-3H3. The van der Waals surface area contributed by atoms with E-state index in [9.17, 15) is 0 Å². The topological polar surface area (TPSA) is 42.2 Å². The first-order valence-corrected chi connectivity index (χ1v) is 5.76. The van der Waals surface area contributed by atoms with Crippen LogP contribution in [0.15, 0.2) is 30.3 Å². The molecule has 0 amide bonds. The second kappa shape index (κ2) is 4.17. The molecule has 1 fully saturated rings. The van der Waals surface area contributed by atoms with Gasteiger partial charge in [-0.2, -0.15) is 5.26 Å². The van der Waals surface area contributed by atoms with Gasteiger partial charge in [0.15, 0.2) is 0 Å². The molecule has 0 radical (unpaired) electrons. The number of benzene rings is 1. The van der Waals surface area contributed by atoms with E-state index in [-0.39, 0.29) is 7.12 Å². The fourth-order valence-corrected chi connectivity index (χ4v) is 1.95. The molecule has 2 rings (SSSR count). The smallest absolute Gasteiger partial charge is 0.399 e. The molecule has 3 nitrogen and oxygen atoms in total. The van der Waals surface area contributed by atoms with Crippen molar-refractivity contribution in [2.75, 3.05) is 0 Å². The van der Waals surface area contributed by atoms with E-state index in [2.05, 4.69) is 6.07 Å². The number of rotatable bonds is 2. The molecule has 0 bridgehead atoms. The Morgan fingerprint density at radius 2 is 1.82 bits per heavy atom. The third-order valence-electron chi connectivity index (χ3n) is 3.53. The number of hydrogen-bond acceptors (Lipinski definition) is 3. The summed E-state index contributed by atoms with van der Waals surface area (Å²) in [4.78, 5) is 0. The fraction of sp³-hybridized carbons (Fsp3) is 0.462. The Morgan fingerprint density at radius 1 is 1.18 bits per heavy atom. The number of hydrogen-bond donors (Lipinski definition) is 0. The molecule has 1 aliphatic heterocycles. The van der Waals surface area contributed by atoms with Crippen LogP contribution in [0.3, 0.4) is 0 Å². The molecular formula is C13H16BNO2. The van der Waals surface area contributed by atoms with Crippen molar-refractivity contribution in [3.8, 4) is 6.07 Å². The van der Waals surface area contributed by atoms with Crippen LogP contribution >= 0.6 is 0 Å². The third kappa shape index (κ3) is 2.09. The molecule has 0 aromatic heterocycles. The van der Waals surface area contributed by atoms with Crippen LogP contribution in [-0.2, 0) is 9.31 Å². The highest BCUT2D eigenvalue weighted by Gasteiger charge is 2.54. The van der Waals surface area contributed by atoms with E-state index in [1.807, 2.05) is 51.1 Å². The molecule has 1 aromatic rings. The Balaban J connectivity index is 2.25. The van der Waals surface area contributed by atoms with E-state index in [4.69, 9.17) is 14.6 Å². The zero-order valence-corrected chi connectivity index (χ0v) is 10.4. The Morgan fingerprint density at radius 3 is 2.41 bits per heavy atom. The summed E-state index contributed by atoms with van der Waals surface area (Å²) in [6.07, 6.45) is 0.323. The highest BCUT2D eigenvalue weighted by Crippen LogP contribution is 2.39. The molecule has 1 atom stereocenters. The maximum atomic E-state index is 8.90. The molecule has 1 heterocycles. The van der Waals surface area contributed by atoms with E-state index in [0.717, 1.165) is 5.46 Å². The molecule has 0 saturated carbocycles. The fourth-order valence-electron chi connectivity index (χ4n) is 1.95. The predicted octanol–water partition coefficient (Wildman–Crippen LogP) is 1.88. The zero-order chi connectivity index (χ0) is 12.5. The maximum absolute atomic E-state index is 8.90. The Bertz CT molecular complexity index is 440. The summed E-state index contributed by atoms with van der Waals surface area (Å²) in [5.41, 5.74) is -0.0480. The summed E-state index contributed by atoms with van der Waals surface area (Å²) in [5.74, 6) is 0. The summed E-state index contributed by atoms with van der Waals surface area (Å²) in [5, 5.41) is 8.90. The van der Waals surface area contributed by atoms with E-state index in [1.165, 1.54) is 0 Å². The highest BCUT2D eigenvalue weighted by molar-refractivity contribution is 6.62. The van der Waals surface area contributed by atoms with Gasteiger partial charge in [0.2, 0.25) is 0 Å². The van der Waals surface area contributed by atoms with Crippen molar-refractivity contribution in [1.82, 2.24) is 0 Å². The van der Waals surface area contributed by atoms with E-state index < -0.39 is 11.2 Å². The van der Waals surface area contributed by atoms with Gasteiger partial charge in [0.1, 0.15) is 0 Å². The van der Waals surface area contributed by atoms with Gasteiger partial charge in [-0.05, 0) is 26.2 Å². The molecule has 17 heavy (non-hydrogen) atoms. The average molecular weight is 229 g/mol. The first-order chi connectivity index (χ1) is 7.98. The van der Waals surface area contributed by atoms with Crippen LogP contribution in [0.4, 0.5) is 0 Å². The third-order valence-corrected chi connectivity index (χ3v) is 3.53. The number of nitriles is 1. The van der Waals surface area contributed by atoms with Crippen molar-refractivity contribution in [3.63, 3.8) is 0 Å². The predicted molar refractivity (Wildman–Crippen MR) is 66.7 cm³/mol. The Hall–Kier alpha value is -1.31. The van der Waals surface area contributed by atoms with Crippen LogP contribution in [0.25, 0.3) is 0 Å². The average Bonchev–Trinajstić information content (AvgIpc) is 2.52. The second-order valence-corrected chi connectivity index (χ2v) is 5.05. The van der Waals surface area contributed by atoms with Crippen molar-refractivity contribution in [3.05, 3.63) is 30.3 Å². The summed E-state index contributed by atoms with van der Waals surface area (Å²) < 4.78 is 11.9. The lowest BCUT2D eigenvalue weighted by atomic mass is 9.79. The molecule has 88 valence electrons. The van der Waals surface area contributed by atoms with Crippen molar-refractivity contribution < 1.29 is 9.31 Å². The molecule has 0 spiro atoms. The largest absolute Gasteiger partial charge is 0.494 e. The minimum absolute atomic E-state index is 0.323. The van der Waals surface area contributed by atoms with E-state index >= 15 is 0 Å². The number of nitrogens with zero attached hydrogens (tertiary/aromatic N) is 1. The molecule has 1 saturated heterocycles. The summed E-state index contributed by atoms with van der Waals surface area (Å²) >= 11 is 0. The first-order valence-electron chi connectivity index (χ1n) is 5.76. The SMILES string of the molecule is CC1(C)OB(c2ccccc2)OC1(C)CC#N. The molecule has 1 unspecified atom stereocenters. The van der Waals surface area contributed by atoms with Gasteiger partial charge in [0, 0.05) is 0 Å². The minimum atomic E-state index is -0.567. The van der Waals surface area contributed by atoms with E-state index in [1.54, 1.807) is 0 Å². The van der Waals surface area contributed by atoms with Gasteiger partial charge >= 0.3 is 7.12 Å². The van der Waals surface area contributed by atoms with Crippen LogP contribution in [0.1, 0.15) is 27.2 Å². The molecule has 1 aromatic carbocycles. The summed E-state index contributed by atoms with van der Waals surface area (Å²) in [6.45, 7) is 5.86. The summed E-state index contributed by atoms with van der Waals surface area (Å²) in [7, 11) is -0.385. The van der Waals surface area contributed by atoms with Gasteiger partial charge in [-0.15, -0.1) is 0 Å². The molecule has 4 heteroatoms. The first kappa shape index (κ1) is 12.2. The lowest BCUT2D eigenvalue weighted by molar-refractivity contribution is -0.00545. The normalized spacial score (nSPS) is 26.8. The van der Waals surface area contributed by atoms with Crippen LogP contribution in [0.5, 0.6) is 0 Å². The van der Waals surface area contributed by atoms with Gasteiger partial charge in [0.05, 0.1) is 23.7 Å². The molecule has 0 N–H and O–H groups in total. The quantitative estimate of drug-likeness (QED) is 0.727. The monoisotopic (exact) mass is 229 g/mol. The van der Waals surface area contributed by atoms with Gasteiger partial charge in [0.25, 0.3) is 0 Å². The van der Waals surface area contributed by atoms with Crippen LogP contribution in [0, 0.1) is 11.3 Å². The molecule has 0 aliphatic carbocycles. The molecular weight excluding hydrogens is 213 g/mol. The van der Waals surface area contributed by atoms with E-state index in [0.29, 0.717) is 6.42 Å². The van der Waals surface area contributed by atoms with Crippen molar-refractivity contribution in [2.45, 2.75) is 38.4 Å². The maximum Gasteiger partial charge on any atom is 0.494 e. The molecule has 1 aliphatic rings. The van der Waals surface area contributed by atoms with Crippen molar-refractivity contribution >= 4 is 12.6 Å². The van der Waals surface area contributed by atoms with Crippen LogP contribution in [-0.4, -0.2) is 18.3 Å². The van der Waals surface area contributed by atoms with Gasteiger partial charge in [-0.25, -0.2) is 0 Å². The van der Waals surface area contributed by atoms with Gasteiger partial charge < -0.3 is 9.31 Å². The Labute approximate surface area is 102 Å². The van der Waals surface area contributed by atoms with Crippen molar-refractivity contribution in [2.24, 2.45) is 0 Å².